The maximum Gasteiger partial charge on any atom is 0.269 e. The van der Waals surface area contributed by atoms with Gasteiger partial charge in [-0.2, -0.15) is 11.8 Å². The lowest BCUT2D eigenvalue weighted by atomic mass is 10.2. The van der Waals surface area contributed by atoms with E-state index in [-0.39, 0.29) is 5.69 Å². The van der Waals surface area contributed by atoms with Crippen LogP contribution in [0.1, 0.15) is 25.8 Å². The van der Waals surface area contributed by atoms with Crippen molar-refractivity contribution in [1.82, 2.24) is 0 Å². The molecule has 0 atom stereocenters. The van der Waals surface area contributed by atoms with E-state index in [4.69, 9.17) is 11.6 Å². The van der Waals surface area contributed by atoms with Gasteiger partial charge in [0.05, 0.1) is 4.92 Å². The van der Waals surface area contributed by atoms with Gasteiger partial charge in [0.1, 0.15) is 0 Å². The van der Waals surface area contributed by atoms with Crippen molar-refractivity contribution >= 4 is 29.1 Å². The summed E-state index contributed by atoms with van der Waals surface area (Å²) in [4.78, 5) is 10.2. The molecule has 0 fully saturated rings. The van der Waals surface area contributed by atoms with Crippen LogP contribution in [-0.2, 0) is 5.75 Å². The molecule has 0 aliphatic carbocycles. The summed E-state index contributed by atoms with van der Waals surface area (Å²) in [5.41, 5.74) is 0.948. The van der Waals surface area contributed by atoms with Crippen LogP contribution in [0.3, 0.4) is 0 Å². The molecule has 1 rings (SSSR count). The van der Waals surface area contributed by atoms with Gasteiger partial charge in [0, 0.05) is 22.9 Å². The van der Waals surface area contributed by atoms with Crippen molar-refractivity contribution < 1.29 is 4.92 Å². The molecule has 0 radical (unpaired) electrons. The van der Waals surface area contributed by atoms with Gasteiger partial charge in [-0.05, 0) is 29.7 Å². The maximum atomic E-state index is 10.6. The highest BCUT2D eigenvalue weighted by atomic mass is 35.5. The Kier molecular flexibility index (Phi) is 5.78. The molecule has 0 amide bonds. The van der Waals surface area contributed by atoms with Crippen molar-refractivity contribution in [2.24, 2.45) is 5.92 Å². The van der Waals surface area contributed by atoms with E-state index in [2.05, 4.69) is 13.8 Å². The van der Waals surface area contributed by atoms with Crippen LogP contribution >= 0.6 is 23.4 Å². The third kappa shape index (κ3) is 4.96. The summed E-state index contributed by atoms with van der Waals surface area (Å²) >= 11 is 7.77. The molecule has 3 nitrogen and oxygen atoms in total. The van der Waals surface area contributed by atoms with E-state index in [1.165, 1.54) is 6.07 Å². The Morgan fingerprint density at radius 2 is 2.18 bits per heavy atom. The third-order valence-electron chi connectivity index (χ3n) is 2.34. The molecule has 0 saturated heterocycles. The van der Waals surface area contributed by atoms with Crippen molar-refractivity contribution in [3.05, 3.63) is 38.9 Å². The summed E-state index contributed by atoms with van der Waals surface area (Å²) in [5, 5.41) is 11.2. The first-order chi connectivity index (χ1) is 8.00. The van der Waals surface area contributed by atoms with E-state index in [0.29, 0.717) is 10.9 Å². The number of non-ortho nitro benzene ring substituents is 1. The third-order valence-corrected chi connectivity index (χ3v) is 3.75. The average molecular weight is 274 g/mol. The molecule has 0 aliphatic heterocycles. The number of rotatable bonds is 6. The Labute approximate surface area is 111 Å². The fourth-order valence-corrected chi connectivity index (χ4v) is 2.79. The monoisotopic (exact) mass is 273 g/mol. The molecule has 0 N–H and O–H groups in total. The summed E-state index contributed by atoms with van der Waals surface area (Å²) in [5.74, 6) is 2.47. The van der Waals surface area contributed by atoms with Crippen molar-refractivity contribution in [2.45, 2.75) is 26.0 Å². The summed E-state index contributed by atoms with van der Waals surface area (Å²) in [6.07, 6.45) is 1.15. The largest absolute Gasteiger partial charge is 0.269 e. The first-order valence-electron chi connectivity index (χ1n) is 5.51. The van der Waals surface area contributed by atoms with E-state index in [1.54, 1.807) is 23.9 Å². The highest BCUT2D eigenvalue weighted by Crippen LogP contribution is 2.26. The minimum atomic E-state index is -0.390. The quantitative estimate of drug-likeness (QED) is 0.434. The molecule has 1 aromatic rings. The molecule has 1 aromatic carbocycles. The summed E-state index contributed by atoms with van der Waals surface area (Å²) in [6.45, 7) is 4.36. The molecule has 94 valence electrons. The number of thioether (sulfide) groups is 1. The zero-order chi connectivity index (χ0) is 12.8. The normalized spacial score (nSPS) is 10.8. The van der Waals surface area contributed by atoms with E-state index in [9.17, 15) is 10.1 Å². The van der Waals surface area contributed by atoms with Crippen molar-refractivity contribution in [2.75, 3.05) is 5.75 Å². The lowest BCUT2D eigenvalue weighted by Gasteiger charge is -2.06. The fourth-order valence-electron chi connectivity index (χ4n) is 1.29. The molecule has 0 heterocycles. The summed E-state index contributed by atoms with van der Waals surface area (Å²) in [7, 11) is 0. The summed E-state index contributed by atoms with van der Waals surface area (Å²) < 4.78 is 0. The average Bonchev–Trinajstić information content (AvgIpc) is 2.25. The summed E-state index contributed by atoms with van der Waals surface area (Å²) in [6, 6.07) is 4.59. The van der Waals surface area contributed by atoms with Gasteiger partial charge >= 0.3 is 0 Å². The number of hydrogen-bond acceptors (Lipinski definition) is 3. The second-order valence-corrected chi connectivity index (χ2v) is 5.78. The molecule has 0 aromatic heterocycles. The zero-order valence-corrected chi connectivity index (χ0v) is 11.6. The second kappa shape index (κ2) is 6.87. The topological polar surface area (TPSA) is 43.1 Å². The van der Waals surface area contributed by atoms with Crippen LogP contribution in [0.25, 0.3) is 0 Å². The lowest BCUT2D eigenvalue weighted by molar-refractivity contribution is -0.384. The Hall–Kier alpha value is -0.740. The minimum Gasteiger partial charge on any atom is -0.258 e. The molecule has 0 spiro atoms. The molecule has 0 bridgehead atoms. The van der Waals surface area contributed by atoms with Crippen LogP contribution in [0.5, 0.6) is 0 Å². The predicted octanol–water partition coefficient (Wildman–Crippen LogP) is 4.53. The van der Waals surface area contributed by atoms with Crippen molar-refractivity contribution in [1.29, 1.82) is 0 Å². The first kappa shape index (κ1) is 14.3. The van der Waals surface area contributed by atoms with Gasteiger partial charge in [-0.25, -0.2) is 0 Å². The van der Waals surface area contributed by atoms with Gasteiger partial charge in [-0.3, -0.25) is 10.1 Å². The number of nitro groups is 1. The molecular weight excluding hydrogens is 258 g/mol. The van der Waals surface area contributed by atoms with Crippen molar-refractivity contribution in [3.63, 3.8) is 0 Å². The molecule has 5 heteroatoms. The van der Waals surface area contributed by atoms with Gasteiger partial charge in [-0.1, -0.05) is 25.4 Å². The number of halogens is 1. The van der Waals surface area contributed by atoms with Crippen LogP contribution in [0.2, 0.25) is 5.02 Å². The highest BCUT2D eigenvalue weighted by molar-refractivity contribution is 7.98. The molecule has 0 saturated carbocycles. The Balaban J connectivity index is 2.57. The second-order valence-electron chi connectivity index (χ2n) is 4.27. The van der Waals surface area contributed by atoms with Crippen LogP contribution in [0.15, 0.2) is 18.2 Å². The van der Waals surface area contributed by atoms with Gasteiger partial charge in [0.2, 0.25) is 0 Å². The smallest absolute Gasteiger partial charge is 0.258 e. The van der Waals surface area contributed by atoms with E-state index < -0.39 is 4.92 Å². The fraction of sp³-hybridized carbons (Fsp3) is 0.500. The lowest BCUT2D eigenvalue weighted by Crippen LogP contribution is -1.93. The molecule has 0 unspecified atom stereocenters. The van der Waals surface area contributed by atoms with Crippen LogP contribution < -0.4 is 0 Å². The number of hydrogen-bond donors (Lipinski definition) is 0. The molecular formula is C12H16ClNO2S. The van der Waals surface area contributed by atoms with Crippen LogP contribution in [-0.4, -0.2) is 10.7 Å². The van der Waals surface area contributed by atoms with Crippen molar-refractivity contribution in [3.8, 4) is 0 Å². The van der Waals surface area contributed by atoms with E-state index in [1.807, 2.05) is 0 Å². The van der Waals surface area contributed by atoms with Crippen LogP contribution in [0.4, 0.5) is 5.69 Å². The van der Waals surface area contributed by atoms with Gasteiger partial charge in [-0.15, -0.1) is 0 Å². The SMILES string of the molecule is CC(C)CCSCc1cc([N+](=O)[O-])ccc1Cl. The highest BCUT2D eigenvalue weighted by Gasteiger charge is 2.09. The predicted molar refractivity (Wildman–Crippen MR) is 73.7 cm³/mol. The number of benzene rings is 1. The standard InChI is InChI=1S/C12H16ClNO2S/c1-9(2)5-6-17-8-10-7-11(14(15)16)3-4-12(10)13/h3-4,7,9H,5-6,8H2,1-2H3. The van der Waals surface area contributed by atoms with E-state index in [0.717, 1.165) is 23.5 Å². The molecule has 0 aliphatic rings. The van der Waals surface area contributed by atoms with Gasteiger partial charge in [0.25, 0.3) is 5.69 Å². The Bertz CT molecular complexity index is 396. The van der Waals surface area contributed by atoms with Gasteiger partial charge in [0.15, 0.2) is 0 Å². The van der Waals surface area contributed by atoms with Crippen LogP contribution in [0, 0.1) is 16.0 Å². The first-order valence-corrected chi connectivity index (χ1v) is 7.04. The maximum absolute atomic E-state index is 10.6. The molecule has 17 heavy (non-hydrogen) atoms. The Morgan fingerprint density at radius 3 is 2.76 bits per heavy atom. The van der Waals surface area contributed by atoms with Gasteiger partial charge < -0.3 is 0 Å². The van der Waals surface area contributed by atoms with E-state index >= 15 is 0 Å². The minimum absolute atomic E-state index is 0.105. The zero-order valence-electron chi connectivity index (χ0n) is 9.98. The number of nitro benzene ring substituents is 1. The number of nitrogens with zero attached hydrogens (tertiary/aromatic N) is 1. The Morgan fingerprint density at radius 1 is 1.47 bits per heavy atom.